The fraction of sp³-hybridized carbons (Fsp3) is 0.192. The van der Waals surface area contributed by atoms with E-state index in [2.05, 4.69) is 41.5 Å². The highest BCUT2D eigenvalue weighted by Gasteiger charge is 2.17. The van der Waals surface area contributed by atoms with Crippen molar-refractivity contribution in [2.24, 2.45) is 0 Å². The van der Waals surface area contributed by atoms with Crippen LogP contribution < -0.4 is 5.32 Å². The van der Waals surface area contributed by atoms with Crippen LogP contribution in [0.1, 0.15) is 31.7 Å². The van der Waals surface area contributed by atoms with Gasteiger partial charge in [0.1, 0.15) is 0 Å². The molecule has 0 bridgehead atoms. The van der Waals surface area contributed by atoms with Gasteiger partial charge in [0, 0.05) is 27.0 Å². The van der Waals surface area contributed by atoms with Crippen LogP contribution in [0.15, 0.2) is 78.0 Å². The van der Waals surface area contributed by atoms with Crippen LogP contribution in [0.3, 0.4) is 0 Å². The maximum Gasteiger partial charge on any atom is 0.234 e. The van der Waals surface area contributed by atoms with Crippen LogP contribution in [0.4, 0.5) is 5.69 Å². The first kappa shape index (κ1) is 24.3. The number of halogens is 2. The molecular weight excluding hydrogens is 487 g/mol. The Morgan fingerprint density at radius 1 is 0.941 bits per heavy atom. The van der Waals surface area contributed by atoms with Crippen molar-refractivity contribution in [3.05, 3.63) is 88.4 Å². The number of rotatable bonds is 8. The van der Waals surface area contributed by atoms with E-state index in [4.69, 9.17) is 23.2 Å². The molecule has 1 heterocycles. The van der Waals surface area contributed by atoms with E-state index >= 15 is 0 Å². The van der Waals surface area contributed by atoms with Crippen molar-refractivity contribution >= 4 is 46.6 Å². The van der Waals surface area contributed by atoms with Gasteiger partial charge in [-0.05, 0) is 78.6 Å². The number of nitrogens with zero attached hydrogens (tertiary/aromatic N) is 3. The number of aromatic nitrogens is 3. The fourth-order valence-electron chi connectivity index (χ4n) is 3.43. The van der Waals surface area contributed by atoms with Crippen molar-refractivity contribution in [2.75, 3.05) is 11.1 Å². The number of nitrogens with one attached hydrogen (secondary N) is 1. The summed E-state index contributed by atoms with van der Waals surface area (Å²) in [5, 5.41) is 13.6. The Kier molecular flexibility index (Phi) is 7.93. The Labute approximate surface area is 213 Å². The van der Waals surface area contributed by atoms with Gasteiger partial charge in [-0.1, -0.05) is 60.9 Å². The van der Waals surface area contributed by atoms with Crippen molar-refractivity contribution in [1.82, 2.24) is 14.8 Å². The second kappa shape index (κ2) is 11.1. The minimum Gasteiger partial charge on any atom is -0.325 e. The molecule has 0 aliphatic heterocycles. The molecule has 34 heavy (non-hydrogen) atoms. The predicted molar refractivity (Wildman–Crippen MR) is 141 cm³/mol. The van der Waals surface area contributed by atoms with Gasteiger partial charge in [0.25, 0.3) is 0 Å². The first-order valence-corrected chi connectivity index (χ1v) is 12.7. The van der Waals surface area contributed by atoms with Crippen molar-refractivity contribution in [3.63, 3.8) is 0 Å². The highest BCUT2D eigenvalue weighted by Crippen LogP contribution is 2.29. The van der Waals surface area contributed by atoms with Gasteiger partial charge in [0.2, 0.25) is 5.91 Å². The number of anilines is 1. The highest BCUT2D eigenvalue weighted by molar-refractivity contribution is 7.99. The Bertz CT molecular complexity index is 1260. The maximum atomic E-state index is 12.6. The van der Waals surface area contributed by atoms with Gasteiger partial charge in [-0.2, -0.15) is 0 Å². The molecule has 4 rings (SSSR count). The first-order chi connectivity index (χ1) is 16.4. The third kappa shape index (κ3) is 5.81. The standard InChI is InChI=1S/C26H24Cl2N4OS/c1-3-17(2)18-6-12-22(13-7-18)29-24(33)16-34-26-31-30-25(19-4-8-20(27)9-5-19)32(26)23-14-10-21(28)11-15-23/h4-15,17H,3,16H2,1-2H3,(H,29,33)/t17-/m1/s1. The zero-order chi connectivity index (χ0) is 24.1. The molecule has 1 aromatic heterocycles. The summed E-state index contributed by atoms with van der Waals surface area (Å²) < 4.78 is 1.92. The highest BCUT2D eigenvalue weighted by atomic mass is 35.5. The smallest absolute Gasteiger partial charge is 0.234 e. The Balaban J connectivity index is 1.53. The molecule has 1 amide bonds. The lowest BCUT2D eigenvalue weighted by Crippen LogP contribution is -2.14. The molecule has 3 aromatic carbocycles. The summed E-state index contributed by atoms with van der Waals surface area (Å²) in [6.45, 7) is 4.36. The van der Waals surface area contributed by atoms with Gasteiger partial charge in [-0.3, -0.25) is 9.36 Å². The molecule has 5 nitrogen and oxygen atoms in total. The van der Waals surface area contributed by atoms with Crippen LogP contribution >= 0.6 is 35.0 Å². The first-order valence-electron chi connectivity index (χ1n) is 10.9. The molecule has 0 saturated heterocycles. The maximum absolute atomic E-state index is 12.6. The fourth-order valence-corrected chi connectivity index (χ4v) is 4.43. The van der Waals surface area contributed by atoms with Gasteiger partial charge in [-0.25, -0.2) is 0 Å². The number of thioether (sulfide) groups is 1. The second-order valence-electron chi connectivity index (χ2n) is 7.89. The number of carbonyl (C=O) groups is 1. The molecule has 0 unspecified atom stereocenters. The number of hydrogen-bond acceptors (Lipinski definition) is 4. The van der Waals surface area contributed by atoms with Gasteiger partial charge in [-0.15, -0.1) is 10.2 Å². The van der Waals surface area contributed by atoms with E-state index in [9.17, 15) is 4.79 Å². The van der Waals surface area contributed by atoms with Crippen LogP contribution in [0.2, 0.25) is 10.0 Å². The number of hydrogen-bond donors (Lipinski definition) is 1. The van der Waals surface area contributed by atoms with E-state index in [0.29, 0.717) is 26.9 Å². The summed E-state index contributed by atoms with van der Waals surface area (Å²) in [4.78, 5) is 12.6. The van der Waals surface area contributed by atoms with Crippen molar-refractivity contribution < 1.29 is 4.79 Å². The number of benzene rings is 3. The van der Waals surface area contributed by atoms with Crippen molar-refractivity contribution in [2.45, 2.75) is 31.3 Å². The minimum absolute atomic E-state index is 0.111. The van der Waals surface area contributed by atoms with E-state index < -0.39 is 0 Å². The summed E-state index contributed by atoms with van der Waals surface area (Å²) in [6.07, 6.45) is 1.08. The van der Waals surface area contributed by atoms with Gasteiger partial charge < -0.3 is 5.32 Å². The molecule has 4 aromatic rings. The molecule has 0 spiro atoms. The summed E-state index contributed by atoms with van der Waals surface area (Å²) in [5.41, 5.74) is 3.76. The number of carbonyl (C=O) groups excluding carboxylic acids is 1. The largest absolute Gasteiger partial charge is 0.325 e. The summed E-state index contributed by atoms with van der Waals surface area (Å²) in [7, 11) is 0. The SMILES string of the molecule is CC[C@@H](C)c1ccc(NC(=O)CSc2nnc(-c3ccc(Cl)cc3)n2-c2ccc(Cl)cc2)cc1. The average Bonchev–Trinajstić information content (AvgIpc) is 3.27. The van der Waals surface area contributed by atoms with E-state index in [0.717, 1.165) is 23.4 Å². The molecule has 8 heteroatoms. The van der Waals surface area contributed by atoms with Crippen LogP contribution in [0.5, 0.6) is 0 Å². The summed E-state index contributed by atoms with van der Waals surface area (Å²) >= 11 is 13.5. The Hall–Kier alpha value is -2.80. The van der Waals surface area contributed by atoms with E-state index in [1.54, 1.807) is 0 Å². The van der Waals surface area contributed by atoms with Gasteiger partial charge in [0.15, 0.2) is 11.0 Å². The van der Waals surface area contributed by atoms with Crippen LogP contribution in [0, 0.1) is 0 Å². The van der Waals surface area contributed by atoms with E-state index in [-0.39, 0.29) is 11.7 Å². The normalized spacial score (nSPS) is 11.9. The molecule has 0 saturated carbocycles. The lowest BCUT2D eigenvalue weighted by molar-refractivity contribution is -0.113. The molecule has 0 fully saturated rings. The van der Waals surface area contributed by atoms with Crippen LogP contribution in [-0.4, -0.2) is 26.4 Å². The van der Waals surface area contributed by atoms with Gasteiger partial charge in [0.05, 0.1) is 5.75 Å². The zero-order valence-electron chi connectivity index (χ0n) is 18.8. The lowest BCUT2D eigenvalue weighted by atomic mass is 9.99. The zero-order valence-corrected chi connectivity index (χ0v) is 21.2. The monoisotopic (exact) mass is 510 g/mol. The Morgan fingerprint density at radius 2 is 1.56 bits per heavy atom. The molecule has 1 N–H and O–H groups in total. The molecule has 1 atom stereocenters. The molecule has 0 radical (unpaired) electrons. The molecule has 0 aliphatic carbocycles. The summed E-state index contributed by atoms with van der Waals surface area (Å²) in [6, 6.07) is 22.8. The van der Waals surface area contributed by atoms with Gasteiger partial charge >= 0.3 is 0 Å². The van der Waals surface area contributed by atoms with Crippen molar-refractivity contribution in [1.29, 1.82) is 0 Å². The number of amides is 1. The molecule has 174 valence electrons. The topological polar surface area (TPSA) is 59.8 Å². The Morgan fingerprint density at radius 3 is 2.18 bits per heavy atom. The third-order valence-corrected chi connectivity index (χ3v) is 6.96. The van der Waals surface area contributed by atoms with E-state index in [1.165, 1.54) is 17.3 Å². The molecule has 0 aliphatic rings. The van der Waals surface area contributed by atoms with Crippen LogP contribution in [-0.2, 0) is 4.79 Å². The minimum atomic E-state index is -0.111. The quantitative estimate of drug-likeness (QED) is 0.249. The second-order valence-corrected chi connectivity index (χ2v) is 9.71. The average molecular weight is 511 g/mol. The third-order valence-electron chi connectivity index (χ3n) is 5.53. The lowest BCUT2D eigenvalue weighted by Gasteiger charge is -2.12. The predicted octanol–water partition coefficient (Wildman–Crippen LogP) is 7.49. The summed E-state index contributed by atoms with van der Waals surface area (Å²) in [5.74, 6) is 1.23. The van der Waals surface area contributed by atoms with Crippen molar-refractivity contribution in [3.8, 4) is 17.1 Å². The van der Waals surface area contributed by atoms with E-state index in [1.807, 2.05) is 65.2 Å². The molecular formula is C26H24Cl2N4OS. The van der Waals surface area contributed by atoms with Crippen LogP contribution in [0.25, 0.3) is 17.1 Å².